The highest BCUT2D eigenvalue weighted by Crippen LogP contribution is 2.44. The zero-order valence-electron chi connectivity index (χ0n) is 36.0. The topological polar surface area (TPSA) is 467 Å². The number of nitrogens with two attached hydrogens (primary N) is 2. The molecule has 2 aliphatic heterocycles. The van der Waals surface area contributed by atoms with Gasteiger partial charge in [0.15, 0.2) is 23.7 Å². The van der Waals surface area contributed by atoms with Gasteiger partial charge < -0.3 is 97.2 Å². The van der Waals surface area contributed by atoms with Crippen LogP contribution in [0, 0.1) is 0 Å². The summed E-state index contributed by atoms with van der Waals surface area (Å²) in [5.74, 6) is -0.126. The summed E-state index contributed by atoms with van der Waals surface area (Å²) in [5, 5.41) is 33.1. The molecule has 2 fully saturated rings. The number of aliphatic hydroxyl groups excluding tert-OH is 3. The Hall–Kier alpha value is -4.34. The first-order chi connectivity index (χ1) is 33.0. The van der Waals surface area contributed by atoms with Crippen LogP contribution in [0.15, 0.2) is 46.5 Å². The van der Waals surface area contributed by atoms with Gasteiger partial charge >= 0.3 is 5.65 Å². The number of aromatic amines is 2. The molecule has 5 aromatic rings. The number of benzene rings is 1. The number of halogens is 1. The van der Waals surface area contributed by atoms with Crippen LogP contribution < -0.4 is 51.5 Å². The zero-order valence-corrected chi connectivity index (χ0v) is 39.4. The lowest BCUT2D eigenvalue weighted by molar-refractivity contribution is -0.746. The molecule has 0 amide bonds. The van der Waals surface area contributed by atoms with Gasteiger partial charge in [-0.3, -0.25) is 37.8 Å². The fraction of sp³-hybridized carbons (Fsp3) is 0.529. The molecule has 4 aromatic heterocycles. The Morgan fingerprint density at radius 3 is 2.13 bits per heavy atom. The lowest BCUT2D eigenvalue weighted by Gasteiger charge is -2.35. The van der Waals surface area contributed by atoms with Crippen molar-refractivity contribution in [2.24, 2.45) is 0 Å². The first-order valence-electron chi connectivity index (χ1n) is 20.3. The molecule has 2 aliphatic rings. The highest BCUT2D eigenvalue weighted by molar-refractivity contribution is 7.46. The maximum atomic E-state index is 13.2. The number of phosphoric ester groups is 3. The fourth-order valence-electron chi connectivity index (χ4n) is 7.12. The summed E-state index contributed by atoms with van der Waals surface area (Å²) in [6.07, 6.45) is -12.4. The normalized spacial score (nSPS) is 25.1. The van der Waals surface area contributed by atoms with Crippen LogP contribution in [0.1, 0.15) is 12.5 Å². The lowest BCUT2D eigenvalue weighted by atomic mass is 10.1. The molecule has 2 saturated heterocycles. The van der Waals surface area contributed by atoms with Crippen molar-refractivity contribution in [2.75, 3.05) is 64.8 Å². The number of aliphatic hydroxyl groups is 3. The Kier molecular flexibility index (Phi) is 16.9. The summed E-state index contributed by atoms with van der Waals surface area (Å²) in [5.41, 5.74) is 9.67. The quantitative estimate of drug-likeness (QED) is 0.0173. The third-order valence-electron chi connectivity index (χ3n) is 10.3. The number of methoxy groups -OCH3 is 1. The van der Waals surface area contributed by atoms with Crippen molar-refractivity contribution < 1.29 is 99.5 Å². The van der Waals surface area contributed by atoms with E-state index in [9.17, 15) is 58.2 Å². The van der Waals surface area contributed by atoms with Crippen LogP contribution in [0.4, 0.5) is 11.9 Å². The van der Waals surface area contributed by atoms with Crippen molar-refractivity contribution in [3.63, 3.8) is 0 Å². The standard InChI is InChI=1S/C34H46ClN10O22P3/c1-58-8-9-60-26-24(47)20(66-32(26)45-15-43(22-28(45)40-34(37)42-30(22)50)6-7-59-17-4-2-16(35)3-5-17)13-64-70(56,57)62-11-18(67-68(51,52)53)10-61-69(54,55)63-12-19-23(46)25(48)31(65-19)44-14-38-21-27(44)39-33(36)41-29(21)49/h2-5,14-15,18-20,23-26,31-32,46-48H,6-13H2,1H3,(H9-,36,37,39,40,41,42,49,50,51,52,53,54,55,56,57)/p-3/t18?,19?,20-,23-,24-,25-,26-,31-,32?/m1/s1. The molecule has 1 aromatic carbocycles. The second-order valence-electron chi connectivity index (χ2n) is 15.1. The first kappa shape index (κ1) is 53.5. The maximum Gasteiger partial charge on any atom is 0.313 e. The Morgan fingerprint density at radius 2 is 1.49 bits per heavy atom. The van der Waals surface area contributed by atoms with Gasteiger partial charge in [0.05, 0.1) is 53.8 Å². The molecule has 6 heterocycles. The number of ether oxygens (including phenoxy) is 5. The zero-order chi connectivity index (χ0) is 50.7. The predicted octanol–water partition coefficient (Wildman–Crippen LogP) is -4.83. The van der Waals surface area contributed by atoms with E-state index in [0.717, 1.165) is 10.9 Å². The number of imidazole rings is 2. The summed E-state index contributed by atoms with van der Waals surface area (Å²) >= 11 is 5.95. The number of hydrogen-bond donors (Lipinski definition) is 7. The molecule has 5 unspecified atom stereocenters. The predicted molar refractivity (Wildman–Crippen MR) is 223 cm³/mol. The molecule has 0 saturated carbocycles. The summed E-state index contributed by atoms with van der Waals surface area (Å²) in [6, 6.07) is 6.52. The van der Waals surface area contributed by atoms with Gasteiger partial charge in [-0.25, -0.2) is 9.55 Å². The van der Waals surface area contributed by atoms with Gasteiger partial charge in [-0.05, 0) is 24.3 Å². The van der Waals surface area contributed by atoms with Crippen molar-refractivity contribution in [3.05, 3.63) is 62.7 Å². The second-order valence-corrected chi connectivity index (χ2v) is 19.5. The van der Waals surface area contributed by atoms with Gasteiger partial charge in [-0.2, -0.15) is 4.98 Å². The molecule has 0 bridgehead atoms. The lowest BCUT2D eigenvalue weighted by Crippen LogP contribution is -2.47. The van der Waals surface area contributed by atoms with Gasteiger partial charge in [0, 0.05) is 12.1 Å². The monoisotopic (exact) mass is 1070 g/mol. The molecule has 11 atom stereocenters. The Balaban J connectivity index is 0.971. The van der Waals surface area contributed by atoms with Crippen LogP contribution in [0.2, 0.25) is 5.02 Å². The number of hydrogen-bond acceptors (Lipinski definition) is 27. The summed E-state index contributed by atoms with van der Waals surface area (Å²) in [4.78, 5) is 90.7. The van der Waals surface area contributed by atoms with Crippen molar-refractivity contribution in [1.29, 1.82) is 0 Å². The van der Waals surface area contributed by atoms with Gasteiger partial charge in [-0.1, -0.05) is 16.6 Å². The van der Waals surface area contributed by atoms with Crippen molar-refractivity contribution in [3.8, 4) is 5.75 Å². The minimum Gasteiger partial charge on any atom is -0.790 e. The average molecular weight is 1070 g/mol. The number of rotatable bonds is 24. The van der Waals surface area contributed by atoms with Crippen LogP contribution in [-0.2, 0) is 61.8 Å². The van der Waals surface area contributed by atoms with E-state index in [1.807, 2.05) is 0 Å². The first-order valence-corrected chi connectivity index (χ1v) is 25.1. The third-order valence-corrected chi connectivity index (χ3v) is 12.9. The van der Waals surface area contributed by atoms with E-state index in [0.29, 0.717) is 10.8 Å². The SMILES string of the molecule is COCCO[C@H]1C([n+]2cn(CCOc3ccc(Cl)cc3)c3c(=O)[nH]c(N)nc32)O[C@H](COP(=O)([O-])OCC(COP(=O)([O-])OCC2O[C@@H](n3cnc4c(=O)[nH]c(N)nc43)[C@H](O)[C@@H]2O)OP(=O)([O-])[O-])[C@H]1O. The number of phosphoric acid groups is 3. The molecule has 32 nitrogen and oxygen atoms in total. The number of H-pyrrole nitrogens is 2. The highest BCUT2D eigenvalue weighted by Gasteiger charge is 2.49. The number of nitrogens with zero attached hydrogens (tertiary/aromatic N) is 6. The molecule has 386 valence electrons. The minimum atomic E-state index is -6.00. The molecule has 0 spiro atoms. The van der Waals surface area contributed by atoms with Crippen molar-refractivity contribution in [1.82, 2.24) is 34.1 Å². The van der Waals surface area contributed by atoms with E-state index >= 15 is 0 Å². The van der Waals surface area contributed by atoms with E-state index in [-0.39, 0.29) is 60.6 Å². The summed E-state index contributed by atoms with van der Waals surface area (Å²) in [7, 11) is -15.8. The Labute approximate surface area is 396 Å². The Bertz CT molecular complexity index is 2890. The van der Waals surface area contributed by atoms with Gasteiger partial charge in [0.25, 0.3) is 32.7 Å². The average Bonchev–Trinajstić information content (AvgIpc) is 4.03. The summed E-state index contributed by atoms with van der Waals surface area (Å²) in [6.45, 7) is -4.84. The summed E-state index contributed by atoms with van der Waals surface area (Å²) < 4.78 is 92.4. The maximum absolute atomic E-state index is 13.2. The molecular weight excluding hydrogens is 1030 g/mol. The fourth-order valence-corrected chi connectivity index (χ4v) is 9.24. The smallest absolute Gasteiger partial charge is 0.313 e. The van der Waals surface area contributed by atoms with E-state index < -0.39 is 116 Å². The number of anilines is 2. The van der Waals surface area contributed by atoms with Crippen LogP contribution in [0.5, 0.6) is 5.75 Å². The van der Waals surface area contributed by atoms with Gasteiger partial charge in [-0.15, -0.1) is 0 Å². The van der Waals surface area contributed by atoms with E-state index in [2.05, 4.69) is 38.5 Å². The van der Waals surface area contributed by atoms with Crippen molar-refractivity contribution >= 4 is 69.3 Å². The van der Waals surface area contributed by atoms with Crippen LogP contribution in [0.3, 0.4) is 0 Å². The van der Waals surface area contributed by atoms with Gasteiger partial charge in [0.2, 0.25) is 17.7 Å². The minimum absolute atomic E-state index is 0.00127. The number of nitrogen functional groups attached to an aromatic ring is 2. The highest BCUT2D eigenvalue weighted by atomic mass is 35.5. The number of nitrogens with one attached hydrogen (secondary N) is 2. The second kappa shape index (κ2) is 22.2. The van der Waals surface area contributed by atoms with E-state index in [1.165, 1.54) is 22.6 Å². The number of aromatic nitrogens is 8. The molecule has 9 N–H and O–H groups in total. The van der Waals surface area contributed by atoms with E-state index in [1.54, 1.807) is 24.3 Å². The molecule has 7 rings (SSSR count). The molecule has 0 aliphatic carbocycles. The largest absolute Gasteiger partial charge is 0.790 e. The molecule has 0 radical (unpaired) electrons. The van der Waals surface area contributed by atoms with Crippen LogP contribution in [-0.4, -0.2) is 145 Å². The number of fused-ring (bicyclic) bond motifs is 2. The van der Waals surface area contributed by atoms with Crippen molar-refractivity contribution in [2.45, 2.75) is 61.7 Å². The van der Waals surface area contributed by atoms with Crippen LogP contribution in [0.25, 0.3) is 22.3 Å². The molecule has 70 heavy (non-hydrogen) atoms. The van der Waals surface area contributed by atoms with Crippen LogP contribution >= 0.6 is 35.1 Å². The van der Waals surface area contributed by atoms with Gasteiger partial charge in [0.1, 0.15) is 61.6 Å². The Morgan fingerprint density at radius 1 is 0.857 bits per heavy atom. The van der Waals surface area contributed by atoms with E-state index in [4.69, 9.17) is 55.8 Å². The molecular formula is C34H43ClN10O22P3-3. The third kappa shape index (κ3) is 13.0. The molecule has 36 heteroatoms.